The van der Waals surface area contributed by atoms with Gasteiger partial charge in [0.25, 0.3) is 0 Å². The second-order valence-electron chi connectivity index (χ2n) is 3.36. The third-order valence-corrected chi connectivity index (χ3v) is 2.28. The predicted molar refractivity (Wildman–Crippen MR) is 54.3 cm³/mol. The van der Waals surface area contributed by atoms with Crippen LogP contribution in [0.3, 0.4) is 0 Å². The van der Waals surface area contributed by atoms with E-state index in [1.54, 1.807) is 0 Å². The number of rotatable bonds is 1. The molecular weight excluding hydrogens is 160 g/mol. The van der Waals surface area contributed by atoms with Crippen molar-refractivity contribution in [2.75, 3.05) is 13.1 Å². The lowest BCUT2D eigenvalue weighted by atomic mass is 10.0. The Kier molecular flexibility index (Phi) is 2.72. The number of hydrogen-bond donors (Lipinski definition) is 1. The summed E-state index contributed by atoms with van der Waals surface area (Å²) in [5.74, 6) is 0. The molecule has 1 fully saturated rings. The minimum atomic E-state index is 1.04. The van der Waals surface area contributed by atoms with E-state index < -0.39 is 0 Å². The van der Waals surface area contributed by atoms with Gasteiger partial charge in [-0.05, 0) is 37.1 Å². The Morgan fingerprint density at radius 1 is 1.31 bits per heavy atom. The summed E-state index contributed by atoms with van der Waals surface area (Å²) in [6.45, 7) is 2.20. The van der Waals surface area contributed by atoms with Crippen molar-refractivity contribution in [2.45, 2.75) is 12.8 Å². The first kappa shape index (κ1) is 8.45. The first-order valence-corrected chi connectivity index (χ1v) is 4.75. The summed E-state index contributed by atoms with van der Waals surface area (Å²) in [5, 5.41) is 3.37. The molecule has 1 saturated heterocycles. The Balaban J connectivity index is 2.10. The van der Waals surface area contributed by atoms with Crippen molar-refractivity contribution in [2.24, 2.45) is 0 Å². The second kappa shape index (κ2) is 4.19. The molecule has 0 atom stereocenters. The Bertz CT molecular complexity index is 282. The zero-order chi connectivity index (χ0) is 8.93. The summed E-state index contributed by atoms with van der Waals surface area (Å²) < 4.78 is 0. The third kappa shape index (κ3) is 2.39. The molecule has 2 heterocycles. The predicted octanol–water partition coefficient (Wildman–Crippen LogP) is 1.85. The van der Waals surface area contributed by atoms with Crippen molar-refractivity contribution in [3.05, 3.63) is 35.7 Å². The van der Waals surface area contributed by atoms with Crippen LogP contribution < -0.4 is 5.32 Å². The van der Waals surface area contributed by atoms with Gasteiger partial charge < -0.3 is 5.32 Å². The molecule has 0 aliphatic carbocycles. The molecular formula is C11H14N2. The van der Waals surface area contributed by atoms with Crippen LogP contribution in [0.4, 0.5) is 0 Å². The summed E-state index contributed by atoms with van der Waals surface area (Å²) in [7, 11) is 0. The van der Waals surface area contributed by atoms with Crippen LogP contribution in [0.1, 0.15) is 18.4 Å². The number of nitrogens with zero attached hydrogens (tertiary/aromatic N) is 1. The van der Waals surface area contributed by atoms with Crippen LogP contribution >= 0.6 is 0 Å². The van der Waals surface area contributed by atoms with Gasteiger partial charge in [-0.25, -0.2) is 0 Å². The van der Waals surface area contributed by atoms with Gasteiger partial charge in [0.05, 0.1) is 0 Å². The summed E-state index contributed by atoms with van der Waals surface area (Å²) in [6, 6.07) is 4.09. The van der Waals surface area contributed by atoms with E-state index in [1.165, 1.54) is 24.0 Å². The van der Waals surface area contributed by atoms with Gasteiger partial charge in [0.15, 0.2) is 0 Å². The molecule has 1 aliphatic rings. The smallest absolute Gasteiger partial charge is 0.0273 e. The highest BCUT2D eigenvalue weighted by Gasteiger charge is 2.03. The molecule has 0 bridgehead atoms. The summed E-state index contributed by atoms with van der Waals surface area (Å²) in [5.41, 5.74) is 2.76. The SMILES string of the molecule is C(=C1CCCNC1)c1ccncc1. The number of pyridine rings is 1. The van der Waals surface area contributed by atoms with Gasteiger partial charge in [0.1, 0.15) is 0 Å². The Morgan fingerprint density at radius 3 is 2.85 bits per heavy atom. The molecule has 1 aromatic heterocycles. The van der Waals surface area contributed by atoms with Crippen molar-refractivity contribution < 1.29 is 0 Å². The lowest BCUT2D eigenvalue weighted by molar-refractivity contribution is 0.613. The van der Waals surface area contributed by atoms with Gasteiger partial charge in [0, 0.05) is 18.9 Å². The van der Waals surface area contributed by atoms with E-state index in [9.17, 15) is 0 Å². The van der Waals surface area contributed by atoms with Crippen LogP contribution in [0.2, 0.25) is 0 Å². The van der Waals surface area contributed by atoms with Crippen LogP contribution in [-0.2, 0) is 0 Å². The zero-order valence-electron chi connectivity index (χ0n) is 7.66. The first-order valence-electron chi connectivity index (χ1n) is 4.75. The van der Waals surface area contributed by atoms with E-state index in [0.717, 1.165) is 13.1 Å². The molecule has 1 N–H and O–H groups in total. The van der Waals surface area contributed by atoms with E-state index in [0.29, 0.717) is 0 Å². The molecule has 2 rings (SSSR count). The number of hydrogen-bond acceptors (Lipinski definition) is 2. The monoisotopic (exact) mass is 174 g/mol. The maximum atomic E-state index is 3.99. The van der Waals surface area contributed by atoms with E-state index in [4.69, 9.17) is 0 Å². The van der Waals surface area contributed by atoms with Crippen LogP contribution in [0, 0.1) is 0 Å². The maximum Gasteiger partial charge on any atom is 0.0273 e. The molecule has 0 saturated carbocycles. The fourth-order valence-corrected chi connectivity index (χ4v) is 1.60. The molecule has 2 heteroatoms. The fourth-order valence-electron chi connectivity index (χ4n) is 1.60. The molecule has 0 radical (unpaired) electrons. The summed E-state index contributed by atoms with van der Waals surface area (Å²) in [6.07, 6.45) is 8.42. The Hall–Kier alpha value is -1.15. The molecule has 1 aromatic rings. The van der Waals surface area contributed by atoms with Gasteiger partial charge in [-0.3, -0.25) is 4.98 Å². The molecule has 13 heavy (non-hydrogen) atoms. The van der Waals surface area contributed by atoms with E-state index in [-0.39, 0.29) is 0 Å². The first-order chi connectivity index (χ1) is 6.45. The maximum absolute atomic E-state index is 3.99. The third-order valence-electron chi connectivity index (χ3n) is 2.28. The highest BCUT2D eigenvalue weighted by molar-refractivity contribution is 5.52. The van der Waals surface area contributed by atoms with Gasteiger partial charge in [-0.1, -0.05) is 11.6 Å². The molecule has 0 aromatic carbocycles. The average molecular weight is 174 g/mol. The molecule has 0 spiro atoms. The molecule has 68 valence electrons. The van der Waals surface area contributed by atoms with Crippen molar-refractivity contribution >= 4 is 6.08 Å². The zero-order valence-corrected chi connectivity index (χ0v) is 7.66. The number of piperidine rings is 1. The summed E-state index contributed by atoms with van der Waals surface area (Å²) in [4.78, 5) is 3.99. The van der Waals surface area contributed by atoms with Crippen LogP contribution in [0.25, 0.3) is 6.08 Å². The average Bonchev–Trinajstić information content (AvgIpc) is 2.21. The number of nitrogens with one attached hydrogen (secondary N) is 1. The molecule has 0 unspecified atom stereocenters. The van der Waals surface area contributed by atoms with E-state index in [1.807, 2.05) is 24.5 Å². The summed E-state index contributed by atoms with van der Waals surface area (Å²) >= 11 is 0. The molecule has 0 amide bonds. The topological polar surface area (TPSA) is 24.9 Å². The minimum Gasteiger partial charge on any atom is -0.313 e. The van der Waals surface area contributed by atoms with Gasteiger partial charge >= 0.3 is 0 Å². The van der Waals surface area contributed by atoms with Crippen LogP contribution in [0.5, 0.6) is 0 Å². The normalized spacial score (nSPS) is 20.5. The van der Waals surface area contributed by atoms with Crippen molar-refractivity contribution in [1.29, 1.82) is 0 Å². The van der Waals surface area contributed by atoms with Crippen molar-refractivity contribution in [1.82, 2.24) is 10.3 Å². The molecule has 1 aliphatic heterocycles. The Labute approximate surface area is 78.7 Å². The van der Waals surface area contributed by atoms with Crippen molar-refractivity contribution in [3.63, 3.8) is 0 Å². The van der Waals surface area contributed by atoms with E-state index in [2.05, 4.69) is 16.4 Å². The lowest BCUT2D eigenvalue weighted by Crippen LogP contribution is -2.23. The Morgan fingerprint density at radius 2 is 2.15 bits per heavy atom. The quantitative estimate of drug-likeness (QED) is 0.702. The van der Waals surface area contributed by atoms with Gasteiger partial charge in [-0.15, -0.1) is 0 Å². The van der Waals surface area contributed by atoms with Crippen LogP contribution in [-0.4, -0.2) is 18.1 Å². The minimum absolute atomic E-state index is 1.04. The highest BCUT2D eigenvalue weighted by Crippen LogP contribution is 2.12. The lowest BCUT2D eigenvalue weighted by Gasteiger charge is -2.15. The standard InChI is InChI=1S/C11H14N2/c1-2-11(9-13-5-1)8-10-3-6-12-7-4-10/h3-4,6-8,13H,1-2,5,9H2. The van der Waals surface area contributed by atoms with Crippen molar-refractivity contribution in [3.8, 4) is 0 Å². The molecule has 2 nitrogen and oxygen atoms in total. The largest absolute Gasteiger partial charge is 0.313 e. The van der Waals surface area contributed by atoms with Gasteiger partial charge in [0.2, 0.25) is 0 Å². The highest BCUT2D eigenvalue weighted by atomic mass is 14.9. The van der Waals surface area contributed by atoms with E-state index >= 15 is 0 Å². The van der Waals surface area contributed by atoms with Crippen LogP contribution in [0.15, 0.2) is 30.1 Å². The second-order valence-corrected chi connectivity index (χ2v) is 3.36. The number of aromatic nitrogens is 1. The fraction of sp³-hybridized carbons (Fsp3) is 0.364. The van der Waals surface area contributed by atoms with Gasteiger partial charge in [-0.2, -0.15) is 0 Å².